The second-order valence-electron chi connectivity index (χ2n) is 5.23. The molecule has 1 fully saturated rings. The molecule has 1 saturated heterocycles. The zero-order chi connectivity index (χ0) is 17.1. The molecule has 1 aliphatic heterocycles. The Labute approximate surface area is 138 Å². The number of imidazole rings is 1. The molecule has 0 radical (unpaired) electrons. The van der Waals surface area contributed by atoms with Crippen molar-refractivity contribution in [3.63, 3.8) is 0 Å². The fourth-order valence-electron chi connectivity index (χ4n) is 2.50. The number of ether oxygens (including phenoxy) is 1. The summed E-state index contributed by atoms with van der Waals surface area (Å²) in [4.78, 5) is 26.9. The summed E-state index contributed by atoms with van der Waals surface area (Å²) in [5.41, 5.74) is 1.03. The van der Waals surface area contributed by atoms with Crippen molar-refractivity contribution in [3.05, 3.63) is 5.82 Å². The molecule has 0 spiro atoms. The van der Waals surface area contributed by atoms with Crippen LogP contribution in [0, 0.1) is 11.3 Å². The van der Waals surface area contributed by atoms with Gasteiger partial charge < -0.3 is 19.5 Å². The van der Waals surface area contributed by atoms with E-state index in [1.807, 2.05) is 17.9 Å². The number of aromatic nitrogens is 4. The first-order valence-electron chi connectivity index (χ1n) is 7.66. The number of fused-ring (bicyclic) bond motifs is 1. The summed E-state index contributed by atoms with van der Waals surface area (Å²) in [6, 6.07) is 1.65. The second kappa shape index (κ2) is 6.67. The summed E-state index contributed by atoms with van der Waals surface area (Å²) in [5.74, 6) is 0.999. The third-order valence-corrected chi connectivity index (χ3v) is 3.67. The maximum atomic E-state index is 11.8. The molecule has 0 unspecified atom stereocenters. The number of urea groups is 1. The molecule has 0 atom stereocenters. The van der Waals surface area contributed by atoms with Crippen LogP contribution in [0.3, 0.4) is 0 Å². The zero-order valence-electron chi connectivity index (χ0n) is 13.5. The van der Waals surface area contributed by atoms with Gasteiger partial charge in [-0.15, -0.1) is 0 Å². The van der Waals surface area contributed by atoms with Crippen molar-refractivity contribution in [1.29, 1.82) is 5.26 Å². The van der Waals surface area contributed by atoms with Gasteiger partial charge in [-0.2, -0.15) is 15.2 Å². The smallest absolute Gasteiger partial charge is 0.321 e. The minimum absolute atomic E-state index is 0.169. The standard InChI is InChI=1S/C14H18N8O2/c1-3-16-14(23)20-13-18-11-10(17-9(8-15)21(11)2)12(19-13)22-4-6-24-7-5-22/h3-7H2,1-2H3,(H2,16,18,19,20,23). The van der Waals surface area contributed by atoms with Crippen molar-refractivity contribution in [1.82, 2.24) is 24.8 Å². The van der Waals surface area contributed by atoms with E-state index in [9.17, 15) is 10.1 Å². The molecule has 2 N–H and O–H groups in total. The van der Waals surface area contributed by atoms with Gasteiger partial charge in [-0.25, -0.2) is 9.78 Å². The molecular formula is C14H18N8O2. The Morgan fingerprint density at radius 3 is 2.75 bits per heavy atom. The third-order valence-electron chi connectivity index (χ3n) is 3.67. The molecule has 2 aromatic heterocycles. The first kappa shape index (κ1) is 15.9. The van der Waals surface area contributed by atoms with E-state index in [1.54, 1.807) is 11.6 Å². The zero-order valence-corrected chi connectivity index (χ0v) is 13.5. The summed E-state index contributed by atoms with van der Waals surface area (Å²) in [6.45, 7) is 4.80. The number of aryl methyl sites for hydroxylation is 1. The second-order valence-corrected chi connectivity index (χ2v) is 5.23. The highest BCUT2D eigenvalue weighted by atomic mass is 16.5. The maximum Gasteiger partial charge on any atom is 0.321 e. The summed E-state index contributed by atoms with van der Waals surface area (Å²) in [6.07, 6.45) is 0. The van der Waals surface area contributed by atoms with Crippen LogP contribution in [-0.4, -0.2) is 58.4 Å². The van der Waals surface area contributed by atoms with Crippen LogP contribution in [0.15, 0.2) is 0 Å². The van der Waals surface area contributed by atoms with E-state index in [0.717, 1.165) is 0 Å². The lowest BCUT2D eigenvalue weighted by Crippen LogP contribution is -2.37. The van der Waals surface area contributed by atoms with Gasteiger partial charge in [0.25, 0.3) is 0 Å². The molecule has 126 valence electrons. The lowest BCUT2D eigenvalue weighted by Gasteiger charge is -2.28. The molecule has 1 aliphatic rings. The minimum atomic E-state index is -0.382. The van der Waals surface area contributed by atoms with E-state index < -0.39 is 0 Å². The summed E-state index contributed by atoms with van der Waals surface area (Å²) in [5, 5.41) is 14.5. The topological polar surface area (TPSA) is 121 Å². The largest absolute Gasteiger partial charge is 0.378 e. The molecule has 0 bridgehead atoms. The van der Waals surface area contributed by atoms with Gasteiger partial charge in [0.2, 0.25) is 11.8 Å². The maximum absolute atomic E-state index is 11.8. The Bertz CT molecular complexity index is 803. The highest BCUT2D eigenvalue weighted by molar-refractivity contribution is 5.91. The van der Waals surface area contributed by atoms with Crippen molar-refractivity contribution >= 4 is 29.0 Å². The van der Waals surface area contributed by atoms with Crippen LogP contribution >= 0.6 is 0 Å². The van der Waals surface area contributed by atoms with E-state index in [0.29, 0.717) is 49.8 Å². The number of rotatable bonds is 3. The Morgan fingerprint density at radius 1 is 1.33 bits per heavy atom. The average Bonchev–Trinajstić information content (AvgIpc) is 2.91. The van der Waals surface area contributed by atoms with Gasteiger partial charge in [0.05, 0.1) is 13.2 Å². The molecule has 10 nitrogen and oxygen atoms in total. The Kier molecular flexibility index (Phi) is 4.43. The van der Waals surface area contributed by atoms with Gasteiger partial charge in [-0.05, 0) is 6.92 Å². The molecule has 0 saturated carbocycles. The van der Waals surface area contributed by atoms with Gasteiger partial charge in [-0.1, -0.05) is 0 Å². The quantitative estimate of drug-likeness (QED) is 0.825. The molecular weight excluding hydrogens is 312 g/mol. The van der Waals surface area contributed by atoms with Gasteiger partial charge in [0.1, 0.15) is 6.07 Å². The summed E-state index contributed by atoms with van der Waals surface area (Å²) >= 11 is 0. The Hall–Kier alpha value is -2.93. The lowest BCUT2D eigenvalue weighted by molar-refractivity contribution is 0.122. The number of hydrogen-bond acceptors (Lipinski definition) is 7. The van der Waals surface area contributed by atoms with Gasteiger partial charge in [-0.3, -0.25) is 5.32 Å². The highest BCUT2D eigenvalue weighted by Crippen LogP contribution is 2.25. The van der Waals surface area contributed by atoms with Gasteiger partial charge in [0, 0.05) is 26.7 Å². The lowest BCUT2D eigenvalue weighted by atomic mass is 10.3. The number of nitrogens with zero attached hydrogens (tertiary/aromatic N) is 6. The number of nitrogens with one attached hydrogen (secondary N) is 2. The molecule has 3 rings (SSSR count). The van der Waals surface area contributed by atoms with E-state index in [-0.39, 0.29) is 17.8 Å². The van der Waals surface area contributed by atoms with E-state index in [1.165, 1.54) is 0 Å². The fourth-order valence-corrected chi connectivity index (χ4v) is 2.50. The van der Waals surface area contributed by atoms with E-state index >= 15 is 0 Å². The summed E-state index contributed by atoms with van der Waals surface area (Å²) < 4.78 is 6.95. The van der Waals surface area contributed by atoms with E-state index in [4.69, 9.17) is 4.74 Å². The molecule has 2 amide bonds. The van der Waals surface area contributed by atoms with Crippen LogP contribution in [0.4, 0.5) is 16.6 Å². The van der Waals surface area contributed by atoms with E-state index in [2.05, 4.69) is 25.6 Å². The first-order chi connectivity index (χ1) is 11.6. The Morgan fingerprint density at radius 2 is 2.08 bits per heavy atom. The van der Waals surface area contributed by atoms with Crippen LogP contribution in [0.25, 0.3) is 11.2 Å². The third kappa shape index (κ3) is 2.93. The van der Waals surface area contributed by atoms with Crippen LogP contribution < -0.4 is 15.5 Å². The number of anilines is 2. The molecule has 2 aromatic rings. The molecule has 24 heavy (non-hydrogen) atoms. The van der Waals surface area contributed by atoms with Gasteiger partial charge in [0.15, 0.2) is 17.0 Å². The number of morpholine rings is 1. The minimum Gasteiger partial charge on any atom is -0.378 e. The molecule has 10 heteroatoms. The number of hydrogen-bond donors (Lipinski definition) is 2. The highest BCUT2D eigenvalue weighted by Gasteiger charge is 2.22. The van der Waals surface area contributed by atoms with Crippen molar-refractivity contribution < 1.29 is 9.53 Å². The monoisotopic (exact) mass is 330 g/mol. The number of amides is 2. The predicted octanol–water partition coefficient (Wildman–Crippen LogP) is 0.213. The van der Waals surface area contributed by atoms with Crippen molar-refractivity contribution in [2.24, 2.45) is 7.05 Å². The van der Waals surface area contributed by atoms with Crippen molar-refractivity contribution in [2.75, 3.05) is 43.1 Å². The predicted molar refractivity (Wildman–Crippen MR) is 86.7 cm³/mol. The van der Waals surface area contributed by atoms with Crippen LogP contribution in [0.2, 0.25) is 0 Å². The van der Waals surface area contributed by atoms with Crippen molar-refractivity contribution in [2.45, 2.75) is 6.92 Å². The normalized spacial score (nSPS) is 14.5. The number of carbonyl (C=O) groups excluding carboxylic acids is 1. The fraction of sp³-hybridized carbons (Fsp3) is 0.500. The van der Waals surface area contributed by atoms with Crippen LogP contribution in [0.5, 0.6) is 0 Å². The van der Waals surface area contributed by atoms with Crippen LogP contribution in [-0.2, 0) is 11.8 Å². The SMILES string of the molecule is CCNC(=O)Nc1nc(N2CCOCC2)c2nc(C#N)n(C)c2n1. The van der Waals surface area contributed by atoms with Gasteiger partial charge >= 0.3 is 6.03 Å². The number of carbonyl (C=O) groups is 1. The molecule has 0 aliphatic carbocycles. The molecule has 0 aromatic carbocycles. The Balaban J connectivity index is 2.08. The molecule has 3 heterocycles. The van der Waals surface area contributed by atoms with Crippen molar-refractivity contribution in [3.8, 4) is 6.07 Å². The average molecular weight is 330 g/mol. The van der Waals surface area contributed by atoms with Crippen LogP contribution in [0.1, 0.15) is 12.7 Å². The summed E-state index contributed by atoms with van der Waals surface area (Å²) in [7, 11) is 1.71. The first-order valence-corrected chi connectivity index (χ1v) is 7.66. The number of nitriles is 1.